The first-order chi connectivity index (χ1) is 15.3. The van der Waals surface area contributed by atoms with Crippen LogP contribution in [-0.4, -0.2) is 75.5 Å². The van der Waals surface area contributed by atoms with Gasteiger partial charge in [0.1, 0.15) is 5.69 Å². The summed E-state index contributed by atoms with van der Waals surface area (Å²) in [5, 5.41) is 24.6. The first kappa shape index (κ1) is 23.6. The van der Waals surface area contributed by atoms with E-state index >= 15 is 0 Å². The number of hydrogen-bond donors (Lipinski definition) is 2. The first-order valence-electron chi connectivity index (χ1n) is 9.90. The average Bonchev–Trinajstić information content (AvgIpc) is 2.80. The number of hydrazone groups is 1. The van der Waals surface area contributed by atoms with Crippen molar-refractivity contribution in [1.29, 1.82) is 0 Å². The molecule has 1 aliphatic heterocycles. The summed E-state index contributed by atoms with van der Waals surface area (Å²) in [5.41, 5.74) is 3.98. The Balaban J connectivity index is 1.74. The van der Waals surface area contributed by atoms with Crippen LogP contribution >= 0.6 is 0 Å². The van der Waals surface area contributed by atoms with Crippen LogP contribution in [0.25, 0.3) is 0 Å². The van der Waals surface area contributed by atoms with E-state index in [0.717, 1.165) is 17.3 Å². The smallest absolute Gasteiger partial charge is 0.295 e. The van der Waals surface area contributed by atoms with Gasteiger partial charge in [0.25, 0.3) is 5.69 Å². The van der Waals surface area contributed by atoms with Crippen LogP contribution in [0.1, 0.15) is 5.56 Å². The van der Waals surface area contributed by atoms with Gasteiger partial charge in [0, 0.05) is 38.4 Å². The van der Waals surface area contributed by atoms with Crippen molar-refractivity contribution in [3.63, 3.8) is 0 Å². The molecule has 2 N–H and O–H groups in total. The van der Waals surface area contributed by atoms with Crippen LogP contribution < -0.4 is 10.3 Å². The summed E-state index contributed by atoms with van der Waals surface area (Å²) in [4.78, 5) is 12.6. The van der Waals surface area contributed by atoms with Crippen LogP contribution in [0.3, 0.4) is 0 Å². The molecule has 2 aromatic rings. The maximum Gasteiger partial charge on any atom is 0.295 e. The van der Waals surface area contributed by atoms with Crippen molar-refractivity contribution in [3.05, 3.63) is 58.1 Å². The molecule has 0 amide bonds. The molecule has 11 nitrogen and oxygen atoms in total. The standard InChI is InChI=1S/C20H25N5O6S/c1-23(8-11-26)17-4-2-16(3-5-17)15-21-22-19-7-6-18(14-20(19)25(27)28)32(29,30)24-9-12-31-13-10-24/h2-7,14-15,22,26H,8-13H2,1H3/b21-15+. The number of anilines is 2. The SMILES string of the molecule is CN(CCO)c1ccc(/C=N/Nc2ccc(S(=O)(=O)N3CCOCC3)cc2[N+](=O)[O-])cc1. The predicted octanol–water partition coefficient (Wildman–Crippen LogP) is 1.49. The number of nitrogens with zero attached hydrogens (tertiary/aromatic N) is 4. The number of hydrogen-bond acceptors (Lipinski definition) is 9. The second kappa shape index (κ2) is 10.5. The molecule has 1 fully saturated rings. The van der Waals surface area contributed by atoms with Crippen LogP contribution in [0, 0.1) is 10.1 Å². The quantitative estimate of drug-likeness (QED) is 0.324. The van der Waals surface area contributed by atoms with Crippen molar-refractivity contribution in [3.8, 4) is 0 Å². The molecule has 1 heterocycles. The Morgan fingerprint density at radius 3 is 2.56 bits per heavy atom. The molecule has 3 rings (SSSR count). The number of likely N-dealkylation sites (N-methyl/N-ethyl adjacent to an activating group) is 1. The normalized spacial score (nSPS) is 15.1. The molecule has 0 unspecified atom stereocenters. The zero-order chi connectivity index (χ0) is 23.1. The Bertz CT molecular complexity index is 1070. The van der Waals surface area contributed by atoms with Gasteiger partial charge in [0.05, 0.1) is 35.9 Å². The third-order valence-electron chi connectivity index (χ3n) is 4.94. The molecule has 0 bridgehead atoms. The van der Waals surface area contributed by atoms with Gasteiger partial charge in [-0.05, 0) is 29.8 Å². The molecule has 0 atom stereocenters. The lowest BCUT2D eigenvalue weighted by Gasteiger charge is -2.26. The van der Waals surface area contributed by atoms with Gasteiger partial charge in [-0.15, -0.1) is 0 Å². The van der Waals surface area contributed by atoms with E-state index in [9.17, 15) is 18.5 Å². The van der Waals surface area contributed by atoms with E-state index in [-0.39, 0.29) is 43.5 Å². The number of aliphatic hydroxyl groups excluding tert-OH is 1. The molecule has 0 spiro atoms. The average molecular weight is 464 g/mol. The van der Waals surface area contributed by atoms with Gasteiger partial charge in [-0.2, -0.15) is 9.41 Å². The Hall–Kier alpha value is -3.06. The molecule has 1 saturated heterocycles. The highest BCUT2D eigenvalue weighted by Gasteiger charge is 2.28. The Kier molecular flexibility index (Phi) is 7.75. The fourth-order valence-electron chi connectivity index (χ4n) is 3.12. The van der Waals surface area contributed by atoms with Crippen molar-refractivity contribution in [1.82, 2.24) is 4.31 Å². The van der Waals surface area contributed by atoms with Crippen LogP contribution in [-0.2, 0) is 14.8 Å². The fraction of sp³-hybridized carbons (Fsp3) is 0.350. The molecular weight excluding hydrogens is 438 g/mol. The minimum Gasteiger partial charge on any atom is -0.395 e. The van der Waals surface area contributed by atoms with Crippen LogP contribution in [0.2, 0.25) is 0 Å². The van der Waals surface area contributed by atoms with Crippen LogP contribution in [0.15, 0.2) is 52.5 Å². The predicted molar refractivity (Wildman–Crippen MR) is 121 cm³/mol. The van der Waals surface area contributed by atoms with Crippen LogP contribution in [0.5, 0.6) is 0 Å². The maximum atomic E-state index is 12.8. The number of nitro groups is 1. The highest BCUT2D eigenvalue weighted by atomic mass is 32.2. The highest BCUT2D eigenvalue weighted by Crippen LogP contribution is 2.29. The molecule has 0 aromatic heterocycles. The van der Waals surface area contributed by atoms with Crippen LogP contribution in [0.4, 0.5) is 17.1 Å². The molecule has 0 radical (unpaired) electrons. The van der Waals surface area contributed by atoms with E-state index in [1.165, 1.54) is 22.7 Å². The van der Waals surface area contributed by atoms with Gasteiger partial charge >= 0.3 is 0 Å². The van der Waals surface area contributed by atoms with Gasteiger partial charge in [0.2, 0.25) is 10.0 Å². The molecule has 0 saturated carbocycles. The number of sulfonamides is 1. The summed E-state index contributed by atoms with van der Waals surface area (Å²) in [6, 6.07) is 11.1. The summed E-state index contributed by atoms with van der Waals surface area (Å²) in [7, 11) is -1.99. The maximum absolute atomic E-state index is 12.8. The van der Waals surface area contributed by atoms with Gasteiger partial charge < -0.3 is 14.7 Å². The van der Waals surface area contributed by atoms with E-state index in [0.29, 0.717) is 6.54 Å². The van der Waals surface area contributed by atoms with E-state index in [4.69, 9.17) is 9.84 Å². The lowest BCUT2D eigenvalue weighted by molar-refractivity contribution is -0.384. The van der Waals surface area contributed by atoms with Gasteiger partial charge in [0.15, 0.2) is 0 Å². The van der Waals surface area contributed by atoms with E-state index in [1.54, 1.807) is 0 Å². The largest absolute Gasteiger partial charge is 0.395 e. The van der Waals surface area contributed by atoms with E-state index in [2.05, 4.69) is 10.5 Å². The molecule has 172 valence electrons. The van der Waals surface area contributed by atoms with Gasteiger partial charge in [-0.1, -0.05) is 12.1 Å². The third-order valence-corrected chi connectivity index (χ3v) is 6.84. The number of ether oxygens (including phenoxy) is 1. The van der Waals surface area contributed by atoms with Crippen molar-refractivity contribution in [2.24, 2.45) is 5.10 Å². The second-order valence-corrected chi connectivity index (χ2v) is 9.00. The number of morpholine rings is 1. The van der Waals surface area contributed by atoms with Crippen molar-refractivity contribution >= 4 is 33.3 Å². The van der Waals surface area contributed by atoms with Gasteiger partial charge in [-0.3, -0.25) is 15.5 Å². The molecule has 1 aliphatic rings. The van der Waals surface area contributed by atoms with Crippen molar-refractivity contribution in [2.45, 2.75) is 4.90 Å². The molecular formula is C20H25N5O6S. The Morgan fingerprint density at radius 2 is 1.94 bits per heavy atom. The fourth-order valence-corrected chi connectivity index (χ4v) is 4.55. The minimum atomic E-state index is -3.85. The minimum absolute atomic E-state index is 0.0505. The highest BCUT2D eigenvalue weighted by molar-refractivity contribution is 7.89. The number of benzene rings is 2. The zero-order valence-corrected chi connectivity index (χ0v) is 18.4. The molecule has 2 aromatic carbocycles. The number of nitrogens with one attached hydrogen (secondary N) is 1. The van der Waals surface area contributed by atoms with E-state index in [1.807, 2.05) is 36.2 Å². The zero-order valence-electron chi connectivity index (χ0n) is 17.5. The van der Waals surface area contributed by atoms with Gasteiger partial charge in [-0.25, -0.2) is 8.42 Å². The lowest BCUT2D eigenvalue weighted by Crippen LogP contribution is -2.40. The summed E-state index contributed by atoms with van der Waals surface area (Å²) < 4.78 is 32.0. The number of rotatable bonds is 9. The monoisotopic (exact) mass is 463 g/mol. The Labute approximate surface area is 186 Å². The topological polar surface area (TPSA) is 138 Å². The molecule has 12 heteroatoms. The third kappa shape index (κ3) is 5.59. The second-order valence-electron chi connectivity index (χ2n) is 7.06. The Morgan fingerprint density at radius 1 is 1.25 bits per heavy atom. The summed E-state index contributed by atoms with van der Waals surface area (Å²) in [6.07, 6.45) is 1.50. The summed E-state index contributed by atoms with van der Waals surface area (Å²) >= 11 is 0. The summed E-state index contributed by atoms with van der Waals surface area (Å²) in [5.74, 6) is 0. The lowest BCUT2D eigenvalue weighted by atomic mass is 10.2. The van der Waals surface area contributed by atoms with E-state index < -0.39 is 20.6 Å². The van der Waals surface area contributed by atoms with Crippen molar-refractivity contribution < 1.29 is 23.2 Å². The molecule has 0 aliphatic carbocycles. The first-order valence-corrected chi connectivity index (χ1v) is 11.3. The summed E-state index contributed by atoms with van der Waals surface area (Å²) in [6.45, 7) is 1.54. The number of aliphatic hydroxyl groups is 1. The molecule has 32 heavy (non-hydrogen) atoms. The number of nitro benzene ring substituents is 1. The van der Waals surface area contributed by atoms with Crippen molar-refractivity contribution in [2.75, 3.05) is 56.8 Å².